The fourth-order valence-corrected chi connectivity index (χ4v) is 3.62. The summed E-state index contributed by atoms with van der Waals surface area (Å²) in [7, 11) is 1.57. The number of hydrogen-bond acceptors (Lipinski definition) is 5. The Bertz CT molecular complexity index is 685. The summed E-state index contributed by atoms with van der Waals surface area (Å²) in [5, 5.41) is 8.97. The van der Waals surface area contributed by atoms with E-state index in [0.29, 0.717) is 11.5 Å². The molecule has 1 heterocycles. The van der Waals surface area contributed by atoms with E-state index in [4.69, 9.17) is 9.99 Å². The molecule has 1 aliphatic rings. The highest BCUT2D eigenvalue weighted by atomic mass is 17.1. The highest BCUT2D eigenvalue weighted by Crippen LogP contribution is 2.27. The molecule has 1 saturated heterocycles. The minimum atomic E-state index is 0.373. The zero-order chi connectivity index (χ0) is 18.9. The van der Waals surface area contributed by atoms with Crippen LogP contribution in [0.3, 0.4) is 0 Å². The second-order valence-corrected chi connectivity index (χ2v) is 7.10. The Kier molecular flexibility index (Phi) is 7.51. The fraction of sp³-hybridized carbons (Fsp3) is 0.455. The summed E-state index contributed by atoms with van der Waals surface area (Å²) in [6, 6.07) is 16.4. The number of nitrogens with zero attached hydrogens (tertiary/aromatic N) is 2. The lowest BCUT2D eigenvalue weighted by molar-refractivity contribution is -0.139. The molecule has 1 fully saturated rings. The van der Waals surface area contributed by atoms with Crippen molar-refractivity contribution < 1.29 is 14.9 Å². The van der Waals surface area contributed by atoms with Crippen LogP contribution in [0.5, 0.6) is 11.5 Å². The first-order valence-corrected chi connectivity index (χ1v) is 9.75. The second kappa shape index (κ2) is 10.3. The molecule has 27 heavy (non-hydrogen) atoms. The molecule has 5 nitrogen and oxygen atoms in total. The maximum atomic E-state index is 8.97. The van der Waals surface area contributed by atoms with Crippen LogP contribution in [0.25, 0.3) is 0 Å². The number of aryl methyl sites for hydroxylation is 1. The first kappa shape index (κ1) is 19.7. The lowest BCUT2D eigenvalue weighted by atomic mass is 10.1. The van der Waals surface area contributed by atoms with Crippen molar-refractivity contribution in [3.63, 3.8) is 0 Å². The minimum Gasteiger partial charge on any atom is -0.493 e. The Morgan fingerprint density at radius 1 is 0.815 bits per heavy atom. The SMILES string of the molecule is [11CH3]Oc1ccc(CCN2CCN(CCCc3ccccc3)CC2)cc1OO. The van der Waals surface area contributed by atoms with Gasteiger partial charge in [-0.05, 0) is 49.1 Å². The van der Waals surface area contributed by atoms with Gasteiger partial charge in [-0.25, -0.2) is 5.26 Å². The number of hydrogen-bond donors (Lipinski definition) is 1. The van der Waals surface area contributed by atoms with Gasteiger partial charge in [0.25, 0.3) is 0 Å². The first-order chi connectivity index (χ1) is 13.3. The summed E-state index contributed by atoms with van der Waals surface area (Å²) >= 11 is 0. The largest absolute Gasteiger partial charge is 0.493 e. The molecular formula is C22H30N2O3. The maximum absolute atomic E-state index is 8.97. The summed E-state index contributed by atoms with van der Waals surface area (Å²) < 4.78 is 5.16. The molecule has 0 aromatic heterocycles. The Hall–Kier alpha value is -2.08. The molecule has 0 unspecified atom stereocenters. The number of benzene rings is 2. The van der Waals surface area contributed by atoms with Gasteiger partial charge < -0.3 is 19.4 Å². The third-order valence-electron chi connectivity index (χ3n) is 5.29. The van der Waals surface area contributed by atoms with Crippen LogP contribution in [0, 0.1) is 0 Å². The topological polar surface area (TPSA) is 45.2 Å². The molecule has 2 aromatic rings. The lowest BCUT2D eigenvalue weighted by Gasteiger charge is -2.34. The molecule has 0 bridgehead atoms. The van der Waals surface area contributed by atoms with Gasteiger partial charge in [-0.1, -0.05) is 36.4 Å². The van der Waals surface area contributed by atoms with Gasteiger partial charge in [-0.3, -0.25) is 0 Å². The van der Waals surface area contributed by atoms with Gasteiger partial charge in [0.05, 0.1) is 7.11 Å². The van der Waals surface area contributed by atoms with Gasteiger partial charge in [0.2, 0.25) is 5.75 Å². The molecular weight excluding hydrogens is 339 g/mol. The van der Waals surface area contributed by atoms with E-state index in [1.54, 1.807) is 7.11 Å². The van der Waals surface area contributed by atoms with Crippen LogP contribution in [-0.4, -0.2) is 61.4 Å². The molecule has 0 aliphatic carbocycles. The normalized spacial score (nSPS) is 15.6. The van der Waals surface area contributed by atoms with E-state index in [2.05, 4.69) is 45.0 Å². The van der Waals surface area contributed by atoms with Crippen molar-refractivity contribution in [3.05, 3.63) is 59.7 Å². The maximum Gasteiger partial charge on any atom is 0.207 e. The molecule has 0 radical (unpaired) electrons. The van der Waals surface area contributed by atoms with Crippen LogP contribution < -0.4 is 9.62 Å². The predicted molar refractivity (Wildman–Crippen MR) is 108 cm³/mol. The zero-order valence-corrected chi connectivity index (χ0v) is 16.1. The van der Waals surface area contributed by atoms with Gasteiger partial charge in [0.15, 0.2) is 5.75 Å². The van der Waals surface area contributed by atoms with Crippen LogP contribution in [-0.2, 0) is 12.8 Å². The van der Waals surface area contributed by atoms with Crippen molar-refractivity contribution in [3.8, 4) is 11.5 Å². The van der Waals surface area contributed by atoms with Gasteiger partial charge >= 0.3 is 0 Å². The summed E-state index contributed by atoms with van der Waals surface area (Å²) in [5.41, 5.74) is 2.58. The summed E-state index contributed by atoms with van der Waals surface area (Å²) in [5.74, 6) is 0.920. The van der Waals surface area contributed by atoms with E-state index < -0.39 is 0 Å². The molecule has 2 aromatic carbocycles. The van der Waals surface area contributed by atoms with Crippen LogP contribution in [0.15, 0.2) is 48.5 Å². The van der Waals surface area contributed by atoms with E-state index in [9.17, 15) is 0 Å². The fourth-order valence-electron chi connectivity index (χ4n) is 3.62. The molecule has 0 atom stereocenters. The predicted octanol–water partition coefficient (Wildman–Crippen LogP) is 3.34. The quantitative estimate of drug-likeness (QED) is 0.543. The molecule has 3 rings (SSSR count). The molecule has 0 saturated carbocycles. The van der Waals surface area contributed by atoms with Crippen molar-refractivity contribution in [1.29, 1.82) is 0 Å². The van der Waals surface area contributed by atoms with E-state index in [0.717, 1.165) is 51.1 Å². The van der Waals surface area contributed by atoms with Crippen molar-refractivity contribution in [2.75, 3.05) is 46.4 Å². The Morgan fingerprint density at radius 3 is 2.19 bits per heavy atom. The Morgan fingerprint density at radius 2 is 1.52 bits per heavy atom. The lowest BCUT2D eigenvalue weighted by Crippen LogP contribution is -2.47. The van der Waals surface area contributed by atoms with Crippen LogP contribution >= 0.6 is 0 Å². The van der Waals surface area contributed by atoms with Crippen molar-refractivity contribution in [1.82, 2.24) is 9.80 Å². The highest BCUT2D eigenvalue weighted by molar-refractivity contribution is 5.42. The van der Waals surface area contributed by atoms with Crippen molar-refractivity contribution >= 4 is 0 Å². The monoisotopic (exact) mass is 369 g/mol. The number of rotatable bonds is 9. The standard InChI is InChI=1S/C22H30N2O3/c1-26-21-10-9-20(18-22(21)27-25)11-13-24-16-14-23(15-17-24)12-5-8-19-6-3-2-4-7-19/h2-4,6-7,9-10,18,25H,5,8,11-17H2,1H3/i1-1. The molecule has 0 spiro atoms. The molecule has 146 valence electrons. The highest BCUT2D eigenvalue weighted by Gasteiger charge is 2.16. The number of methoxy groups -OCH3 is 1. The van der Waals surface area contributed by atoms with E-state index in [1.165, 1.54) is 18.5 Å². The van der Waals surface area contributed by atoms with E-state index in [-0.39, 0.29) is 0 Å². The first-order valence-electron chi connectivity index (χ1n) is 9.75. The third-order valence-corrected chi connectivity index (χ3v) is 5.29. The minimum absolute atomic E-state index is 0.373. The Balaban J connectivity index is 1.36. The zero-order valence-electron chi connectivity index (χ0n) is 16.1. The number of ether oxygens (including phenoxy) is 1. The average Bonchev–Trinajstić information content (AvgIpc) is 2.73. The molecule has 0 amide bonds. The van der Waals surface area contributed by atoms with Crippen molar-refractivity contribution in [2.45, 2.75) is 19.3 Å². The van der Waals surface area contributed by atoms with Crippen LogP contribution in [0.1, 0.15) is 17.5 Å². The van der Waals surface area contributed by atoms with E-state index >= 15 is 0 Å². The average molecular weight is 369 g/mol. The van der Waals surface area contributed by atoms with Gasteiger partial charge in [0, 0.05) is 32.7 Å². The molecule has 1 aliphatic heterocycles. The van der Waals surface area contributed by atoms with Gasteiger partial charge in [-0.15, -0.1) is 0 Å². The van der Waals surface area contributed by atoms with Crippen molar-refractivity contribution in [2.24, 2.45) is 0 Å². The smallest absolute Gasteiger partial charge is 0.207 e. The summed E-state index contributed by atoms with van der Waals surface area (Å²) in [4.78, 5) is 9.49. The summed E-state index contributed by atoms with van der Waals surface area (Å²) in [6.07, 6.45) is 3.32. The van der Waals surface area contributed by atoms with Crippen LogP contribution in [0.4, 0.5) is 0 Å². The Labute approximate surface area is 162 Å². The molecule has 1 N–H and O–H groups in total. The summed E-state index contributed by atoms with van der Waals surface area (Å²) in [6.45, 7) is 6.72. The van der Waals surface area contributed by atoms with Gasteiger partial charge in [-0.2, -0.15) is 0 Å². The molecule has 5 heteroatoms. The number of piperazine rings is 1. The third kappa shape index (κ3) is 5.96. The van der Waals surface area contributed by atoms with E-state index in [1.807, 2.05) is 18.2 Å². The van der Waals surface area contributed by atoms with Crippen LogP contribution in [0.2, 0.25) is 0 Å². The second-order valence-electron chi connectivity index (χ2n) is 7.10. The van der Waals surface area contributed by atoms with Gasteiger partial charge in [0.1, 0.15) is 0 Å².